The lowest BCUT2D eigenvalue weighted by Crippen LogP contribution is -2.41. The van der Waals surface area contributed by atoms with Gasteiger partial charge >= 0.3 is 0 Å². The van der Waals surface area contributed by atoms with Crippen molar-refractivity contribution in [3.05, 3.63) is 83.4 Å². The van der Waals surface area contributed by atoms with Crippen LogP contribution in [0.3, 0.4) is 0 Å². The highest BCUT2D eigenvalue weighted by Gasteiger charge is 2.29. The predicted octanol–water partition coefficient (Wildman–Crippen LogP) is 5.27. The number of ether oxygens (including phenoxy) is 2. The highest BCUT2D eigenvalue weighted by Crippen LogP contribution is 2.37. The van der Waals surface area contributed by atoms with Crippen molar-refractivity contribution in [3.8, 4) is 11.5 Å². The third-order valence-corrected chi connectivity index (χ3v) is 8.05. The molecule has 0 bridgehead atoms. The molecule has 0 heterocycles. The summed E-state index contributed by atoms with van der Waals surface area (Å²) < 4.78 is 38.7. The maximum absolute atomic E-state index is 13.1. The lowest BCUT2D eigenvalue weighted by molar-refractivity contribution is 0.0920. The summed E-state index contributed by atoms with van der Waals surface area (Å²) in [5.74, 6) is 1.34. The van der Waals surface area contributed by atoms with Gasteiger partial charge in [0.15, 0.2) is 11.5 Å². The Labute approximate surface area is 212 Å². The van der Waals surface area contributed by atoms with Gasteiger partial charge in [0.05, 0.1) is 19.1 Å². The second-order valence-electron chi connectivity index (χ2n) is 9.08. The molecule has 1 fully saturated rings. The molecule has 36 heavy (non-hydrogen) atoms. The number of rotatable bonds is 8. The number of sulfonamides is 1. The summed E-state index contributed by atoms with van der Waals surface area (Å²) in [5, 5.41) is 3.20. The fraction of sp³-hybridized carbons (Fsp3) is 0.321. The largest absolute Gasteiger partial charge is 0.493 e. The van der Waals surface area contributed by atoms with Crippen LogP contribution in [0.15, 0.2) is 71.6 Å². The van der Waals surface area contributed by atoms with Crippen molar-refractivity contribution < 1.29 is 22.7 Å². The summed E-state index contributed by atoms with van der Waals surface area (Å²) >= 11 is 0. The van der Waals surface area contributed by atoms with Crippen LogP contribution in [0.4, 0.5) is 5.69 Å². The molecule has 8 heteroatoms. The molecule has 0 radical (unpaired) electrons. The first kappa shape index (κ1) is 25.6. The van der Waals surface area contributed by atoms with Crippen LogP contribution in [0.5, 0.6) is 11.5 Å². The van der Waals surface area contributed by atoms with Crippen molar-refractivity contribution in [2.24, 2.45) is 0 Å². The van der Waals surface area contributed by atoms with Crippen LogP contribution in [0, 0.1) is 6.92 Å². The summed E-state index contributed by atoms with van der Waals surface area (Å²) in [5.41, 5.74) is 2.96. The average Bonchev–Trinajstić information content (AvgIpc) is 2.89. The minimum atomic E-state index is -3.70. The molecular weight excluding hydrogens is 476 g/mol. The predicted molar refractivity (Wildman–Crippen MR) is 140 cm³/mol. The molecule has 0 saturated heterocycles. The van der Waals surface area contributed by atoms with Gasteiger partial charge in [0.2, 0.25) is 0 Å². The minimum absolute atomic E-state index is 0.0101. The normalized spacial score (nSPS) is 17.8. The van der Waals surface area contributed by atoms with E-state index in [1.165, 1.54) is 0 Å². The molecule has 0 unspecified atom stereocenters. The van der Waals surface area contributed by atoms with Gasteiger partial charge in [-0.05, 0) is 73.9 Å². The van der Waals surface area contributed by atoms with Crippen molar-refractivity contribution >= 4 is 21.6 Å². The van der Waals surface area contributed by atoms with Crippen molar-refractivity contribution in [2.45, 2.75) is 49.5 Å². The molecule has 4 rings (SSSR count). The molecule has 190 valence electrons. The van der Waals surface area contributed by atoms with E-state index in [1.54, 1.807) is 62.8 Å². The van der Waals surface area contributed by atoms with Crippen LogP contribution in [-0.2, 0) is 10.0 Å². The zero-order valence-electron chi connectivity index (χ0n) is 20.8. The van der Waals surface area contributed by atoms with Gasteiger partial charge in [0.1, 0.15) is 0 Å². The van der Waals surface area contributed by atoms with E-state index in [0.717, 1.165) is 36.8 Å². The molecular formula is C28H32N2O5S. The van der Waals surface area contributed by atoms with Crippen molar-refractivity contribution in [2.75, 3.05) is 18.9 Å². The second-order valence-corrected chi connectivity index (χ2v) is 10.8. The van der Waals surface area contributed by atoms with Crippen molar-refractivity contribution in [3.63, 3.8) is 0 Å². The SMILES string of the molecule is COc1ccc([C@H]2CCCC[C@H]2NC(=O)c2ccc(NS(=O)(=O)c3ccc(C)cc3)cc2)cc1OC. The fourth-order valence-electron chi connectivity index (χ4n) is 4.66. The number of amides is 1. The number of hydrogen-bond donors (Lipinski definition) is 2. The second kappa shape index (κ2) is 11.0. The van der Waals surface area contributed by atoms with E-state index in [9.17, 15) is 13.2 Å². The maximum Gasteiger partial charge on any atom is 0.261 e. The number of carbonyl (C=O) groups excluding carboxylic acids is 1. The summed E-state index contributed by atoms with van der Waals surface area (Å²) in [6.07, 6.45) is 4.01. The first-order valence-corrected chi connectivity index (χ1v) is 13.5. The summed E-state index contributed by atoms with van der Waals surface area (Å²) in [7, 11) is -0.476. The number of methoxy groups -OCH3 is 2. The highest BCUT2D eigenvalue weighted by atomic mass is 32.2. The minimum Gasteiger partial charge on any atom is -0.493 e. The fourth-order valence-corrected chi connectivity index (χ4v) is 5.72. The van der Waals surface area contributed by atoms with Crippen LogP contribution in [0.25, 0.3) is 0 Å². The highest BCUT2D eigenvalue weighted by molar-refractivity contribution is 7.92. The van der Waals surface area contributed by atoms with Gasteiger partial charge in [-0.25, -0.2) is 8.42 Å². The molecule has 1 aliphatic carbocycles. The summed E-state index contributed by atoms with van der Waals surface area (Å²) in [4.78, 5) is 13.3. The van der Waals surface area contributed by atoms with Gasteiger partial charge in [-0.3, -0.25) is 9.52 Å². The molecule has 0 spiro atoms. The van der Waals surface area contributed by atoms with E-state index in [0.29, 0.717) is 22.7 Å². The Morgan fingerprint density at radius 1 is 0.861 bits per heavy atom. The zero-order chi connectivity index (χ0) is 25.7. The Morgan fingerprint density at radius 2 is 1.53 bits per heavy atom. The van der Waals surface area contributed by atoms with Gasteiger partial charge in [-0.1, -0.05) is 36.6 Å². The zero-order valence-corrected chi connectivity index (χ0v) is 21.6. The molecule has 7 nitrogen and oxygen atoms in total. The number of carbonyl (C=O) groups is 1. The molecule has 0 aliphatic heterocycles. The van der Waals surface area contributed by atoms with E-state index in [1.807, 2.05) is 25.1 Å². The standard InChI is InChI=1S/C28H32N2O5S/c1-19-8-15-23(16-9-19)36(32,33)30-22-13-10-20(11-14-22)28(31)29-25-7-5-4-6-24(25)21-12-17-26(34-2)27(18-21)35-3/h8-18,24-25,30H,4-7H2,1-3H3,(H,29,31)/t24-,25-/m1/s1. The Hall–Kier alpha value is -3.52. The van der Waals surface area contributed by atoms with E-state index in [4.69, 9.17) is 9.47 Å². The number of benzene rings is 3. The number of anilines is 1. The smallest absolute Gasteiger partial charge is 0.261 e. The lowest BCUT2D eigenvalue weighted by Gasteiger charge is -2.33. The van der Waals surface area contributed by atoms with E-state index in [2.05, 4.69) is 10.0 Å². The van der Waals surface area contributed by atoms with Crippen LogP contribution >= 0.6 is 0 Å². The van der Waals surface area contributed by atoms with Crippen LogP contribution < -0.4 is 19.5 Å². The molecule has 0 aromatic heterocycles. The average molecular weight is 509 g/mol. The molecule has 1 saturated carbocycles. The molecule has 3 aromatic carbocycles. The Kier molecular flexibility index (Phi) is 7.84. The maximum atomic E-state index is 13.1. The lowest BCUT2D eigenvalue weighted by atomic mass is 9.79. The third-order valence-electron chi connectivity index (χ3n) is 6.65. The molecule has 3 aromatic rings. The molecule has 2 atom stereocenters. The Morgan fingerprint density at radius 3 is 2.19 bits per heavy atom. The van der Waals surface area contributed by atoms with Crippen LogP contribution in [-0.4, -0.2) is 34.6 Å². The van der Waals surface area contributed by atoms with Gasteiger partial charge < -0.3 is 14.8 Å². The molecule has 2 N–H and O–H groups in total. The van der Waals surface area contributed by atoms with E-state index >= 15 is 0 Å². The Balaban J connectivity index is 1.45. The quantitative estimate of drug-likeness (QED) is 0.432. The van der Waals surface area contributed by atoms with Crippen LogP contribution in [0.2, 0.25) is 0 Å². The topological polar surface area (TPSA) is 93.7 Å². The Bertz CT molecular complexity index is 1300. The van der Waals surface area contributed by atoms with Gasteiger partial charge in [0, 0.05) is 23.2 Å². The van der Waals surface area contributed by atoms with E-state index in [-0.39, 0.29) is 22.8 Å². The monoisotopic (exact) mass is 508 g/mol. The third kappa shape index (κ3) is 5.82. The van der Waals surface area contributed by atoms with Gasteiger partial charge in [-0.2, -0.15) is 0 Å². The van der Waals surface area contributed by atoms with Gasteiger partial charge in [0.25, 0.3) is 15.9 Å². The molecule has 1 aliphatic rings. The first-order valence-electron chi connectivity index (χ1n) is 12.0. The number of hydrogen-bond acceptors (Lipinski definition) is 5. The van der Waals surface area contributed by atoms with E-state index < -0.39 is 10.0 Å². The number of nitrogens with one attached hydrogen (secondary N) is 2. The van der Waals surface area contributed by atoms with Crippen LogP contribution in [0.1, 0.15) is 53.1 Å². The van der Waals surface area contributed by atoms with Gasteiger partial charge in [-0.15, -0.1) is 0 Å². The molecule has 1 amide bonds. The van der Waals surface area contributed by atoms with Crippen molar-refractivity contribution in [1.82, 2.24) is 5.32 Å². The number of aryl methyl sites for hydroxylation is 1. The van der Waals surface area contributed by atoms with Crippen molar-refractivity contribution in [1.29, 1.82) is 0 Å². The summed E-state index contributed by atoms with van der Waals surface area (Å²) in [6, 6.07) is 19.0. The summed E-state index contributed by atoms with van der Waals surface area (Å²) in [6.45, 7) is 1.90. The first-order chi connectivity index (χ1) is 17.3.